The van der Waals surface area contributed by atoms with Gasteiger partial charge in [0.15, 0.2) is 0 Å². The third kappa shape index (κ3) is 4.30. The average molecular weight is 307 g/mol. The van der Waals surface area contributed by atoms with Crippen LogP contribution in [0.2, 0.25) is 0 Å². The molecule has 0 aliphatic heterocycles. The van der Waals surface area contributed by atoms with Gasteiger partial charge in [-0.1, -0.05) is 20.8 Å². The van der Waals surface area contributed by atoms with Gasteiger partial charge in [0.2, 0.25) is 11.8 Å². The molecule has 116 valence electrons. The van der Waals surface area contributed by atoms with Gasteiger partial charge in [0.05, 0.1) is 12.0 Å². The number of nitrogens with one attached hydrogen (secondary N) is 1. The van der Waals surface area contributed by atoms with Crippen molar-refractivity contribution < 1.29 is 4.74 Å². The van der Waals surface area contributed by atoms with Crippen LogP contribution in [0.4, 0.5) is 5.95 Å². The number of ether oxygens (including phenoxy) is 1. The van der Waals surface area contributed by atoms with Crippen LogP contribution in [0.3, 0.4) is 0 Å². The van der Waals surface area contributed by atoms with Crippen LogP contribution in [0.15, 0.2) is 6.07 Å². The first-order chi connectivity index (χ1) is 10.1. The van der Waals surface area contributed by atoms with E-state index >= 15 is 0 Å². The number of aryl methyl sites for hydroxylation is 1. The highest BCUT2D eigenvalue weighted by Crippen LogP contribution is 2.31. The zero-order valence-electron chi connectivity index (χ0n) is 13.4. The lowest BCUT2D eigenvalue weighted by molar-refractivity contribution is 0.291. The molecule has 0 aromatic carbocycles. The number of rotatable bonds is 8. The van der Waals surface area contributed by atoms with Crippen LogP contribution in [0.5, 0.6) is 5.88 Å². The molecule has 0 saturated carbocycles. The summed E-state index contributed by atoms with van der Waals surface area (Å²) in [5.74, 6) is 2.09. The molecule has 0 atom stereocenters. The number of hydrogen-bond donors (Lipinski definition) is 1. The van der Waals surface area contributed by atoms with Crippen LogP contribution in [0.25, 0.3) is 10.2 Å². The van der Waals surface area contributed by atoms with Crippen molar-refractivity contribution in [2.45, 2.75) is 47.0 Å². The summed E-state index contributed by atoms with van der Waals surface area (Å²) in [6.45, 7) is 10.2. The lowest BCUT2D eigenvalue weighted by atomic mass is 10.1. The number of nitrogens with zero attached hydrogens (tertiary/aromatic N) is 2. The monoisotopic (exact) mass is 307 g/mol. The third-order valence-corrected chi connectivity index (χ3v) is 4.43. The molecule has 21 heavy (non-hydrogen) atoms. The van der Waals surface area contributed by atoms with E-state index in [9.17, 15) is 0 Å². The normalized spacial score (nSPS) is 11.3. The molecule has 0 aliphatic rings. The van der Waals surface area contributed by atoms with Crippen molar-refractivity contribution in [1.82, 2.24) is 9.97 Å². The number of thiophene rings is 1. The van der Waals surface area contributed by atoms with Crippen molar-refractivity contribution in [3.8, 4) is 5.88 Å². The summed E-state index contributed by atoms with van der Waals surface area (Å²) in [5, 5.41) is 4.22. The second kappa shape index (κ2) is 7.59. The van der Waals surface area contributed by atoms with E-state index in [0.29, 0.717) is 18.5 Å². The van der Waals surface area contributed by atoms with E-state index in [-0.39, 0.29) is 0 Å². The molecule has 0 aliphatic carbocycles. The van der Waals surface area contributed by atoms with E-state index < -0.39 is 0 Å². The second-order valence-electron chi connectivity index (χ2n) is 5.55. The van der Waals surface area contributed by atoms with E-state index in [1.807, 2.05) is 6.92 Å². The minimum atomic E-state index is 0.661. The SMILES string of the molecule is CCNc1nc(OCCCC(C)C)c2cc(CC)sc2n1. The van der Waals surface area contributed by atoms with E-state index in [2.05, 4.69) is 42.1 Å². The van der Waals surface area contributed by atoms with E-state index in [0.717, 1.165) is 35.5 Å². The van der Waals surface area contributed by atoms with E-state index in [4.69, 9.17) is 4.74 Å². The summed E-state index contributed by atoms with van der Waals surface area (Å²) in [4.78, 5) is 11.4. The Morgan fingerprint density at radius 1 is 1.29 bits per heavy atom. The molecular formula is C16H25N3OS. The molecule has 2 heterocycles. The standard InChI is InChI=1S/C16H25N3OS/c1-5-12-10-13-14(20-9-7-8-11(3)4)18-16(17-6-2)19-15(13)21-12/h10-11H,5-9H2,1-4H3,(H,17,18,19). The van der Waals surface area contributed by atoms with Gasteiger partial charge in [-0.3, -0.25) is 0 Å². The lowest BCUT2D eigenvalue weighted by Gasteiger charge is -2.09. The molecule has 0 fully saturated rings. The van der Waals surface area contributed by atoms with E-state index in [1.165, 1.54) is 11.3 Å². The molecule has 4 nitrogen and oxygen atoms in total. The molecule has 0 spiro atoms. The topological polar surface area (TPSA) is 47.0 Å². The smallest absolute Gasteiger partial charge is 0.227 e. The van der Waals surface area contributed by atoms with Crippen LogP contribution >= 0.6 is 11.3 Å². The van der Waals surface area contributed by atoms with Crippen molar-refractivity contribution in [2.75, 3.05) is 18.5 Å². The molecule has 2 aromatic rings. The fourth-order valence-electron chi connectivity index (χ4n) is 2.13. The van der Waals surface area contributed by atoms with Gasteiger partial charge >= 0.3 is 0 Å². The summed E-state index contributed by atoms with van der Waals surface area (Å²) >= 11 is 1.72. The molecule has 2 rings (SSSR count). The van der Waals surface area contributed by atoms with E-state index in [1.54, 1.807) is 11.3 Å². The predicted molar refractivity (Wildman–Crippen MR) is 90.5 cm³/mol. The molecule has 0 saturated heterocycles. The van der Waals surface area contributed by atoms with Crippen LogP contribution in [0.1, 0.15) is 45.4 Å². The number of hydrogen-bond acceptors (Lipinski definition) is 5. The van der Waals surface area contributed by atoms with Crippen molar-refractivity contribution in [1.29, 1.82) is 0 Å². The molecule has 0 unspecified atom stereocenters. The third-order valence-electron chi connectivity index (χ3n) is 3.26. The van der Waals surface area contributed by atoms with Gasteiger partial charge in [-0.25, -0.2) is 4.98 Å². The number of fused-ring (bicyclic) bond motifs is 1. The molecule has 1 N–H and O–H groups in total. The number of aromatic nitrogens is 2. The van der Waals surface area contributed by atoms with Crippen LogP contribution in [0, 0.1) is 5.92 Å². The van der Waals surface area contributed by atoms with Crippen molar-refractivity contribution in [2.24, 2.45) is 5.92 Å². The van der Waals surface area contributed by atoms with Gasteiger partial charge < -0.3 is 10.1 Å². The summed E-state index contributed by atoms with van der Waals surface area (Å²) in [6.07, 6.45) is 3.26. The van der Waals surface area contributed by atoms with Gasteiger partial charge in [0.25, 0.3) is 0 Å². The van der Waals surface area contributed by atoms with Crippen LogP contribution in [-0.4, -0.2) is 23.1 Å². The Balaban J connectivity index is 2.19. The van der Waals surface area contributed by atoms with Crippen molar-refractivity contribution in [3.05, 3.63) is 10.9 Å². The summed E-state index contributed by atoms with van der Waals surface area (Å²) in [5.41, 5.74) is 0. The number of anilines is 1. The Bertz CT molecular complexity index is 580. The maximum atomic E-state index is 5.93. The Kier molecular flexibility index (Phi) is 5.79. The summed E-state index contributed by atoms with van der Waals surface area (Å²) in [7, 11) is 0. The first kappa shape index (κ1) is 16.0. The fourth-order valence-corrected chi connectivity index (χ4v) is 3.08. The quantitative estimate of drug-likeness (QED) is 0.729. The average Bonchev–Trinajstić information content (AvgIpc) is 2.86. The van der Waals surface area contributed by atoms with Gasteiger partial charge in [0.1, 0.15) is 4.83 Å². The molecule has 0 radical (unpaired) electrons. The van der Waals surface area contributed by atoms with Gasteiger partial charge in [-0.15, -0.1) is 11.3 Å². The maximum absolute atomic E-state index is 5.93. The first-order valence-corrected chi connectivity index (χ1v) is 8.62. The summed E-state index contributed by atoms with van der Waals surface area (Å²) in [6, 6.07) is 2.16. The van der Waals surface area contributed by atoms with Crippen LogP contribution < -0.4 is 10.1 Å². The molecule has 5 heteroatoms. The largest absolute Gasteiger partial charge is 0.477 e. The Morgan fingerprint density at radius 2 is 2.10 bits per heavy atom. The minimum Gasteiger partial charge on any atom is -0.477 e. The molecule has 0 amide bonds. The molecular weight excluding hydrogens is 282 g/mol. The Morgan fingerprint density at radius 3 is 2.76 bits per heavy atom. The Hall–Kier alpha value is -1.36. The van der Waals surface area contributed by atoms with Gasteiger partial charge in [-0.05, 0) is 38.2 Å². The predicted octanol–water partition coefficient (Wildman–Crippen LogP) is 4.50. The van der Waals surface area contributed by atoms with Crippen molar-refractivity contribution >= 4 is 27.5 Å². The second-order valence-corrected chi connectivity index (χ2v) is 6.67. The first-order valence-electron chi connectivity index (χ1n) is 7.81. The fraction of sp³-hybridized carbons (Fsp3) is 0.625. The highest BCUT2D eigenvalue weighted by molar-refractivity contribution is 7.18. The zero-order chi connectivity index (χ0) is 15.2. The van der Waals surface area contributed by atoms with Crippen molar-refractivity contribution in [3.63, 3.8) is 0 Å². The molecule has 0 bridgehead atoms. The Labute approximate surface area is 131 Å². The summed E-state index contributed by atoms with van der Waals surface area (Å²) < 4.78 is 5.93. The molecule has 2 aromatic heterocycles. The zero-order valence-corrected chi connectivity index (χ0v) is 14.2. The highest BCUT2D eigenvalue weighted by Gasteiger charge is 2.12. The highest BCUT2D eigenvalue weighted by atomic mass is 32.1. The lowest BCUT2D eigenvalue weighted by Crippen LogP contribution is -2.06. The maximum Gasteiger partial charge on any atom is 0.227 e. The minimum absolute atomic E-state index is 0.661. The van der Waals surface area contributed by atoms with Crippen LogP contribution in [-0.2, 0) is 6.42 Å². The van der Waals surface area contributed by atoms with Gasteiger partial charge in [-0.2, -0.15) is 4.98 Å². The van der Waals surface area contributed by atoms with Gasteiger partial charge in [0, 0.05) is 11.4 Å².